The number of para-hydroxylation sites is 1. The Morgan fingerprint density at radius 1 is 1.42 bits per heavy atom. The van der Waals surface area contributed by atoms with Crippen molar-refractivity contribution in [1.82, 2.24) is 9.21 Å². The summed E-state index contributed by atoms with van der Waals surface area (Å²) in [7, 11) is 1.86. The van der Waals surface area contributed by atoms with Crippen LogP contribution in [0.5, 0.6) is 0 Å². The first-order valence-corrected chi connectivity index (χ1v) is 7.42. The number of fused-ring (bicyclic) bond motifs is 1. The van der Waals surface area contributed by atoms with E-state index < -0.39 is 11.5 Å². The van der Waals surface area contributed by atoms with E-state index in [1.807, 2.05) is 33.9 Å². The summed E-state index contributed by atoms with van der Waals surface area (Å²) in [4.78, 5) is 1.74. The molecule has 0 aromatic heterocycles. The van der Waals surface area contributed by atoms with Gasteiger partial charge in [0.05, 0.1) is 25.3 Å². The lowest BCUT2D eigenvalue weighted by Gasteiger charge is -2.37. The smallest absolute Gasteiger partial charge is 0.179 e. The molecule has 5 nitrogen and oxygen atoms in total. The van der Waals surface area contributed by atoms with Gasteiger partial charge < -0.3 is 9.45 Å². The second-order valence-corrected chi connectivity index (χ2v) is 6.40. The lowest BCUT2D eigenvalue weighted by atomic mass is 10.1. The van der Waals surface area contributed by atoms with Gasteiger partial charge in [0.25, 0.3) is 0 Å². The Balaban J connectivity index is 1.84. The zero-order valence-electron chi connectivity index (χ0n) is 10.8. The van der Waals surface area contributed by atoms with Crippen molar-refractivity contribution in [2.24, 2.45) is 0 Å². The highest BCUT2D eigenvalue weighted by molar-refractivity contribution is 7.90. The molecular formula is C13H16N4OS. The molecule has 0 spiro atoms. The zero-order valence-corrected chi connectivity index (χ0v) is 11.6. The summed E-state index contributed by atoms with van der Waals surface area (Å²) >= 11 is -1.16. The van der Waals surface area contributed by atoms with Crippen LogP contribution in [0.2, 0.25) is 0 Å². The van der Waals surface area contributed by atoms with Crippen molar-refractivity contribution in [3.8, 4) is 6.19 Å². The molecule has 2 aliphatic heterocycles. The number of hydrogen-bond donors (Lipinski definition) is 0. The molecule has 2 aliphatic rings. The first kappa shape index (κ1) is 12.6. The Morgan fingerprint density at radius 3 is 2.95 bits per heavy atom. The summed E-state index contributed by atoms with van der Waals surface area (Å²) in [6.07, 6.45) is 3.07. The number of hydrogen-bond acceptors (Lipinski definition) is 5. The Bertz CT molecular complexity index is 518. The fraction of sp³-hybridized carbons (Fsp3) is 0.462. The van der Waals surface area contributed by atoms with Crippen LogP contribution in [0.3, 0.4) is 0 Å². The summed E-state index contributed by atoms with van der Waals surface area (Å²) in [6, 6.07) is 8.24. The number of nitrogens with zero attached hydrogens (tertiary/aromatic N) is 4. The predicted molar refractivity (Wildman–Crippen MR) is 74.1 cm³/mol. The van der Waals surface area contributed by atoms with E-state index in [4.69, 9.17) is 5.26 Å². The Kier molecular flexibility index (Phi) is 3.27. The quantitative estimate of drug-likeness (QED) is 0.567. The molecule has 0 amide bonds. The highest BCUT2D eigenvalue weighted by Gasteiger charge is 2.41. The largest absolute Gasteiger partial charge is 0.573 e. The van der Waals surface area contributed by atoms with Crippen molar-refractivity contribution in [1.29, 1.82) is 5.26 Å². The molecule has 1 saturated heterocycles. The summed E-state index contributed by atoms with van der Waals surface area (Å²) in [6.45, 7) is 2.13. The monoisotopic (exact) mass is 276 g/mol. The number of likely N-dealkylation sites (tertiary alicyclic amines) is 1. The Morgan fingerprint density at radius 2 is 2.21 bits per heavy atom. The van der Waals surface area contributed by atoms with Gasteiger partial charge in [-0.2, -0.15) is 9.57 Å². The lowest BCUT2D eigenvalue weighted by molar-refractivity contribution is 0.309. The van der Waals surface area contributed by atoms with Crippen LogP contribution in [0, 0.1) is 11.5 Å². The van der Waals surface area contributed by atoms with Gasteiger partial charge in [0, 0.05) is 13.1 Å². The molecule has 0 radical (unpaired) electrons. The topological polar surface area (TPSA) is 56.6 Å². The van der Waals surface area contributed by atoms with Crippen LogP contribution in [0.25, 0.3) is 0 Å². The van der Waals surface area contributed by atoms with Crippen LogP contribution < -0.4 is 4.31 Å². The average Bonchev–Trinajstić information content (AvgIpc) is 2.91. The van der Waals surface area contributed by atoms with Crippen molar-refractivity contribution >= 4 is 17.2 Å². The summed E-state index contributed by atoms with van der Waals surface area (Å²) in [5.41, 5.74) is 2.23. The van der Waals surface area contributed by atoms with Gasteiger partial charge in [-0.15, -0.1) is 0 Å². The normalized spacial score (nSPS) is 27.2. The standard InChI is InChI=1S/C13H16N4OS/c1-15-13-5-3-2-4-11(13)8-17(19(15)18)12-6-7-16(9-12)10-14/h2-5,12H,6-9H2,1H3. The fourth-order valence-electron chi connectivity index (χ4n) is 2.74. The lowest BCUT2D eigenvalue weighted by Crippen LogP contribution is -2.50. The highest BCUT2D eigenvalue weighted by Crippen LogP contribution is 2.33. The number of rotatable bonds is 1. The van der Waals surface area contributed by atoms with Gasteiger partial charge in [-0.25, -0.2) is 0 Å². The van der Waals surface area contributed by atoms with Gasteiger partial charge in [0.15, 0.2) is 17.7 Å². The van der Waals surface area contributed by atoms with E-state index in [1.165, 1.54) is 5.56 Å². The van der Waals surface area contributed by atoms with Crippen molar-refractivity contribution in [3.63, 3.8) is 0 Å². The molecule has 100 valence electrons. The van der Waals surface area contributed by atoms with Crippen molar-refractivity contribution in [3.05, 3.63) is 29.8 Å². The second-order valence-electron chi connectivity index (χ2n) is 4.92. The molecular weight excluding hydrogens is 260 g/mol. The maximum atomic E-state index is 12.5. The molecule has 6 heteroatoms. The number of benzene rings is 1. The average molecular weight is 276 g/mol. The van der Waals surface area contributed by atoms with E-state index in [0.29, 0.717) is 13.1 Å². The number of nitriles is 1. The third kappa shape index (κ3) is 2.14. The van der Waals surface area contributed by atoms with Crippen molar-refractivity contribution in [2.45, 2.75) is 19.0 Å². The van der Waals surface area contributed by atoms with Crippen LogP contribution in [0.15, 0.2) is 24.3 Å². The minimum Gasteiger partial charge on any atom is -0.573 e. The van der Waals surface area contributed by atoms with E-state index in [0.717, 1.165) is 18.7 Å². The molecule has 1 aromatic carbocycles. The van der Waals surface area contributed by atoms with Crippen LogP contribution in [-0.2, 0) is 18.1 Å². The molecule has 2 heterocycles. The first-order chi connectivity index (χ1) is 9.20. The molecule has 0 saturated carbocycles. The molecule has 2 unspecified atom stereocenters. The van der Waals surface area contributed by atoms with E-state index in [9.17, 15) is 4.55 Å². The molecule has 3 rings (SSSR count). The highest BCUT2D eigenvalue weighted by atomic mass is 32.2. The van der Waals surface area contributed by atoms with Gasteiger partial charge in [0.2, 0.25) is 0 Å². The maximum Gasteiger partial charge on any atom is 0.179 e. The summed E-state index contributed by atoms with van der Waals surface area (Å²) in [5, 5.41) is 8.93. The first-order valence-electron chi connectivity index (χ1n) is 6.35. The zero-order chi connectivity index (χ0) is 13.4. The number of anilines is 1. The maximum absolute atomic E-state index is 12.5. The SMILES string of the molecule is CN1c2ccccc2CN(C2CCN(C#N)C2)[S+]1[O-]. The molecule has 0 bridgehead atoms. The second kappa shape index (κ2) is 4.93. The van der Waals surface area contributed by atoms with E-state index in [1.54, 1.807) is 4.90 Å². The van der Waals surface area contributed by atoms with E-state index in [-0.39, 0.29) is 6.04 Å². The van der Waals surface area contributed by atoms with Gasteiger partial charge in [-0.1, -0.05) is 22.5 Å². The van der Waals surface area contributed by atoms with Gasteiger partial charge in [0.1, 0.15) is 0 Å². The summed E-state index contributed by atoms with van der Waals surface area (Å²) < 4.78 is 16.3. The van der Waals surface area contributed by atoms with Gasteiger partial charge in [-0.3, -0.25) is 0 Å². The van der Waals surface area contributed by atoms with Gasteiger partial charge >= 0.3 is 0 Å². The third-order valence-corrected chi connectivity index (χ3v) is 5.30. The molecule has 0 aliphatic carbocycles. The molecule has 2 atom stereocenters. The molecule has 1 fully saturated rings. The van der Waals surface area contributed by atoms with Crippen LogP contribution in [-0.4, -0.2) is 39.9 Å². The van der Waals surface area contributed by atoms with Crippen LogP contribution in [0.1, 0.15) is 12.0 Å². The van der Waals surface area contributed by atoms with Crippen molar-refractivity contribution in [2.75, 3.05) is 24.4 Å². The van der Waals surface area contributed by atoms with E-state index >= 15 is 0 Å². The van der Waals surface area contributed by atoms with E-state index in [2.05, 4.69) is 12.3 Å². The minimum atomic E-state index is -1.16. The van der Waals surface area contributed by atoms with Gasteiger partial charge in [-0.05, 0) is 18.1 Å². The summed E-state index contributed by atoms with van der Waals surface area (Å²) in [5.74, 6) is 0. The predicted octanol–water partition coefficient (Wildman–Crippen LogP) is 1.07. The molecule has 19 heavy (non-hydrogen) atoms. The van der Waals surface area contributed by atoms with Crippen LogP contribution >= 0.6 is 0 Å². The third-order valence-electron chi connectivity index (χ3n) is 3.80. The molecule has 0 N–H and O–H groups in total. The van der Waals surface area contributed by atoms with Crippen molar-refractivity contribution < 1.29 is 4.55 Å². The molecule has 1 aromatic rings. The minimum absolute atomic E-state index is 0.191. The Hall–Kier alpha value is -1.42. The Labute approximate surface area is 116 Å². The fourth-order valence-corrected chi connectivity index (χ4v) is 4.08. The van der Waals surface area contributed by atoms with Crippen LogP contribution in [0.4, 0.5) is 5.69 Å².